The number of rotatable bonds is 10. The molecule has 0 fully saturated rings. The minimum absolute atomic E-state index is 0.449. The van der Waals surface area contributed by atoms with E-state index in [4.69, 9.17) is 13.9 Å². The van der Waals surface area contributed by atoms with Gasteiger partial charge in [-0.1, -0.05) is 5.10 Å². The van der Waals surface area contributed by atoms with Crippen LogP contribution in [0, 0.1) is 0 Å². The van der Waals surface area contributed by atoms with E-state index in [1.807, 2.05) is 0 Å². The van der Waals surface area contributed by atoms with Crippen molar-refractivity contribution in [2.75, 3.05) is 45.8 Å². The first-order valence-corrected chi connectivity index (χ1v) is 5.61. The minimum Gasteiger partial charge on any atom is -0.407 e. The van der Waals surface area contributed by atoms with Gasteiger partial charge in [-0.25, -0.2) is 0 Å². The Kier molecular flexibility index (Phi) is 7.28. The molecule has 0 aliphatic rings. The molecule has 1 heterocycles. The fourth-order valence-electron chi connectivity index (χ4n) is 1.18. The van der Waals surface area contributed by atoms with Crippen LogP contribution in [0.5, 0.6) is 0 Å². The Labute approximate surface area is 101 Å². The van der Waals surface area contributed by atoms with Crippen LogP contribution in [0.1, 0.15) is 12.3 Å². The molecule has 7 heteroatoms. The molecule has 0 atom stereocenters. The van der Waals surface area contributed by atoms with Gasteiger partial charge in [0.25, 0.3) is 0 Å². The molecule has 17 heavy (non-hydrogen) atoms. The minimum atomic E-state index is 0.449. The third-order valence-electron chi connectivity index (χ3n) is 2.03. The van der Waals surface area contributed by atoms with Crippen molar-refractivity contribution in [2.24, 2.45) is 0 Å². The van der Waals surface area contributed by atoms with Gasteiger partial charge in [-0.15, -0.1) is 5.10 Å². The Balaban J connectivity index is 2.14. The summed E-state index contributed by atoms with van der Waals surface area (Å²) in [5.41, 5.74) is 0. The van der Waals surface area contributed by atoms with E-state index in [1.165, 1.54) is 0 Å². The monoisotopic (exact) mass is 244 g/mol. The van der Waals surface area contributed by atoms with Gasteiger partial charge < -0.3 is 24.5 Å². The zero-order chi connectivity index (χ0) is 12.3. The van der Waals surface area contributed by atoms with Crippen molar-refractivity contribution in [3.63, 3.8) is 0 Å². The van der Waals surface area contributed by atoms with E-state index in [1.54, 1.807) is 14.2 Å². The number of nitrogens with zero attached hydrogens (tertiary/aromatic N) is 2. The molecule has 0 unspecified atom stereocenters. The Morgan fingerprint density at radius 1 is 1.12 bits per heavy atom. The molecule has 1 aromatic rings. The fourth-order valence-corrected chi connectivity index (χ4v) is 1.18. The maximum Gasteiger partial charge on any atom is 0.315 e. The van der Waals surface area contributed by atoms with Crippen LogP contribution in [0.25, 0.3) is 0 Å². The normalized spacial score (nSPS) is 10.7. The summed E-state index contributed by atoms with van der Waals surface area (Å²) in [5.74, 6) is 0.565. The van der Waals surface area contributed by atoms with Gasteiger partial charge in [0.2, 0.25) is 5.89 Å². The first kappa shape index (κ1) is 13.9. The lowest BCUT2D eigenvalue weighted by molar-refractivity contribution is 0.197. The van der Waals surface area contributed by atoms with Crippen LogP contribution in [-0.4, -0.2) is 50.7 Å². The van der Waals surface area contributed by atoms with Gasteiger partial charge in [0, 0.05) is 33.9 Å². The first-order valence-electron chi connectivity index (χ1n) is 5.61. The van der Waals surface area contributed by atoms with Crippen molar-refractivity contribution in [3.05, 3.63) is 5.89 Å². The molecule has 0 aromatic carbocycles. The number of anilines is 1. The molecule has 0 bridgehead atoms. The van der Waals surface area contributed by atoms with Gasteiger partial charge in [-0.3, -0.25) is 0 Å². The average Bonchev–Trinajstić information content (AvgIpc) is 2.78. The highest BCUT2D eigenvalue weighted by Gasteiger charge is 2.04. The number of nitrogens with one attached hydrogen (secondary N) is 2. The van der Waals surface area contributed by atoms with Gasteiger partial charge in [0.1, 0.15) is 0 Å². The molecule has 2 N–H and O–H groups in total. The van der Waals surface area contributed by atoms with Gasteiger partial charge in [0.15, 0.2) is 0 Å². The van der Waals surface area contributed by atoms with Crippen molar-refractivity contribution in [1.29, 1.82) is 0 Å². The number of hydrogen-bond donors (Lipinski definition) is 2. The molecule has 0 saturated carbocycles. The molecule has 0 aliphatic heterocycles. The number of hydrogen-bond acceptors (Lipinski definition) is 7. The maximum absolute atomic E-state index is 5.37. The standard InChI is InChI=1S/C10H20N4O3/c1-15-6-3-4-12-10-14-13-9(17-10)8-11-5-7-16-2/h11H,3-8H2,1-2H3,(H,12,14). The molecule has 0 radical (unpaired) electrons. The zero-order valence-corrected chi connectivity index (χ0v) is 10.4. The van der Waals surface area contributed by atoms with Crippen molar-refractivity contribution in [3.8, 4) is 0 Å². The Hall–Kier alpha value is -1.18. The largest absolute Gasteiger partial charge is 0.407 e. The van der Waals surface area contributed by atoms with Crippen LogP contribution in [0.2, 0.25) is 0 Å². The lowest BCUT2D eigenvalue weighted by atomic mass is 10.4. The van der Waals surface area contributed by atoms with E-state index in [2.05, 4.69) is 20.8 Å². The van der Waals surface area contributed by atoms with Crippen molar-refractivity contribution < 1.29 is 13.9 Å². The zero-order valence-electron chi connectivity index (χ0n) is 10.4. The molecule has 0 saturated heterocycles. The fraction of sp³-hybridized carbons (Fsp3) is 0.800. The number of ether oxygens (including phenoxy) is 2. The topological polar surface area (TPSA) is 81.4 Å². The van der Waals surface area contributed by atoms with Crippen LogP contribution < -0.4 is 10.6 Å². The van der Waals surface area contributed by atoms with Crippen LogP contribution >= 0.6 is 0 Å². The molecule has 0 spiro atoms. The highest BCUT2D eigenvalue weighted by Crippen LogP contribution is 2.04. The van der Waals surface area contributed by atoms with Crippen LogP contribution in [0.15, 0.2) is 4.42 Å². The lowest BCUT2D eigenvalue weighted by Crippen LogP contribution is -2.18. The number of methoxy groups -OCH3 is 2. The summed E-state index contributed by atoms with van der Waals surface area (Å²) >= 11 is 0. The third kappa shape index (κ3) is 6.20. The molecule has 98 valence electrons. The molecule has 7 nitrogen and oxygen atoms in total. The highest BCUT2D eigenvalue weighted by molar-refractivity contribution is 5.16. The molecule has 0 aliphatic carbocycles. The summed E-state index contributed by atoms with van der Waals surface area (Å²) < 4.78 is 15.2. The molecule has 1 aromatic heterocycles. The molecular weight excluding hydrogens is 224 g/mol. The summed E-state index contributed by atoms with van der Waals surface area (Å²) in [6.07, 6.45) is 0.903. The van der Waals surface area contributed by atoms with E-state index in [-0.39, 0.29) is 0 Å². The highest BCUT2D eigenvalue weighted by atomic mass is 16.5. The quantitative estimate of drug-likeness (QED) is 0.571. The van der Waals surface area contributed by atoms with Crippen LogP contribution in [0.4, 0.5) is 6.01 Å². The van der Waals surface area contributed by atoms with Gasteiger partial charge in [0.05, 0.1) is 13.2 Å². The predicted molar refractivity (Wildman–Crippen MR) is 62.9 cm³/mol. The van der Waals surface area contributed by atoms with E-state index in [0.717, 1.165) is 19.5 Å². The predicted octanol–water partition coefficient (Wildman–Crippen LogP) is 0.254. The lowest BCUT2D eigenvalue weighted by Gasteiger charge is -2.00. The van der Waals surface area contributed by atoms with Crippen molar-refractivity contribution in [2.45, 2.75) is 13.0 Å². The van der Waals surface area contributed by atoms with E-state index in [0.29, 0.717) is 31.7 Å². The second kappa shape index (κ2) is 8.91. The van der Waals surface area contributed by atoms with Gasteiger partial charge >= 0.3 is 6.01 Å². The SMILES string of the molecule is COCCCNc1nnc(CNCCOC)o1. The van der Waals surface area contributed by atoms with Crippen LogP contribution in [-0.2, 0) is 16.0 Å². The maximum atomic E-state index is 5.37. The molecule has 1 rings (SSSR count). The second-order valence-electron chi connectivity index (χ2n) is 3.44. The van der Waals surface area contributed by atoms with E-state index >= 15 is 0 Å². The summed E-state index contributed by atoms with van der Waals surface area (Å²) in [7, 11) is 3.34. The van der Waals surface area contributed by atoms with Crippen LogP contribution in [0.3, 0.4) is 0 Å². The summed E-state index contributed by atoms with van der Waals surface area (Å²) in [6.45, 7) is 3.45. The third-order valence-corrected chi connectivity index (χ3v) is 2.03. The number of aromatic nitrogens is 2. The summed E-state index contributed by atoms with van der Waals surface area (Å²) in [6, 6.07) is 0.449. The molecule has 0 amide bonds. The Morgan fingerprint density at radius 3 is 2.71 bits per heavy atom. The average molecular weight is 244 g/mol. The Bertz CT molecular complexity index is 266. The second-order valence-corrected chi connectivity index (χ2v) is 3.44. The molecular formula is C10H20N4O3. The van der Waals surface area contributed by atoms with Gasteiger partial charge in [-0.05, 0) is 6.42 Å². The van der Waals surface area contributed by atoms with Crippen molar-refractivity contribution in [1.82, 2.24) is 15.5 Å². The smallest absolute Gasteiger partial charge is 0.315 e. The summed E-state index contributed by atoms with van der Waals surface area (Å²) in [4.78, 5) is 0. The Morgan fingerprint density at radius 2 is 1.94 bits per heavy atom. The van der Waals surface area contributed by atoms with Crippen molar-refractivity contribution >= 4 is 6.01 Å². The van der Waals surface area contributed by atoms with Gasteiger partial charge in [-0.2, -0.15) is 0 Å². The summed E-state index contributed by atoms with van der Waals surface area (Å²) in [5, 5.41) is 13.9. The van der Waals surface area contributed by atoms with E-state index < -0.39 is 0 Å². The van der Waals surface area contributed by atoms with E-state index in [9.17, 15) is 0 Å². The first-order chi connectivity index (χ1) is 8.36.